The van der Waals surface area contributed by atoms with E-state index in [0.717, 1.165) is 30.5 Å². The van der Waals surface area contributed by atoms with Crippen molar-refractivity contribution in [3.8, 4) is 0 Å². The molecule has 2 fully saturated rings. The molecule has 0 atom stereocenters. The van der Waals surface area contributed by atoms with E-state index in [1.807, 2.05) is 59.9 Å². The SMILES string of the molecule is CC(C)(C)OC(=O)Nc1ccc(Br)cn1.CC(C)(C)OC(=O)Nc1ccc(C2CCOCC2)cn1.FB(F)C1CCOCC1.[F-].[K+]. The van der Waals surface area contributed by atoms with Crippen LogP contribution in [-0.2, 0) is 18.9 Å². The molecule has 2 aromatic heterocycles. The fourth-order valence-corrected chi connectivity index (χ4v) is 4.22. The molecule has 0 aliphatic carbocycles. The van der Waals surface area contributed by atoms with E-state index < -0.39 is 36.5 Å². The maximum absolute atomic E-state index is 11.9. The van der Waals surface area contributed by atoms with Crippen LogP contribution in [0, 0.1) is 0 Å². The molecule has 2 aromatic rings. The number of anilines is 2. The predicted molar refractivity (Wildman–Crippen MR) is 170 cm³/mol. The third-order valence-electron chi connectivity index (χ3n) is 6.09. The average Bonchev–Trinajstić information content (AvgIpc) is 2.94. The van der Waals surface area contributed by atoms with Crippen molar-refractivity contribution in [2.45, 2.75) is 90.2 Å². The molecule has 0 bridgehead atoms. The number of carbonyl (C=O) groups excluding carboxylic acids is 2. The fourth-order valence-electron chi connectivity index (χ4n) is 3.99. The number of rotatable bonds is 4. The second-order valence-corrected chi connectivity index (χ2v) is 13.2. The van der Waals surface area contributed by atoms with E-state index in [9.17, 15) is 18.2 Å². The Morgan fingerprint density at radius 3 is 1.59 bits per heavy atom. The van der Waals surface area contributed by atoms with Gasteiger partial charge in [0.05, 0.1) is 0 Å². The predicted octanol–water partition coefficient (Wildman–Crippen LogP) is 2.12. The number of carbonyl (C=O) groups is 2. The Labute approximate surface area is 321 Å². The smallest absolute Gasteiger partial charge is 1.00 e. The molecule has 2 N–H and O–H groups in total. The molecule has 4 heterocycles. The van der Waals surface area contributed by atoms with Gasteiger partial charge in [-0.05, 0) is 113 Å². The first-order valence-electron chi connectivity index (χ1n) is 14.6. The Bertz CT molecular complexity index is 1150. The number of nitrogens with zero attached hydrogens (tertiary/aromatic N) is 2. The van der Waals surface area contributed by atoms with Gasteiger partial charge in [0.1, 0.15) is 22.8 Å². The number of halogens is 4. The van der Waals surface area contributed by atoms with E-state index in [0.29, 0.717) is 43.6 Å². The van der Waals surface area contributed by atoms with Crippen molar-refractivity contribution in [3.05, 3.63) is 46.7 Å². The minimum atomic E-state index is -2.14. The fraction of sp³-hybridized carbons (Fsp3) is 0.600. The minimum absolute atomic E-state index is 0. The summed E-state index contributed by atoms with van der Waals surface area (Å²) < 4.78 is 45.1. The molecule has 2 saturated heterocycles. The van der Waals surface area contributed by atoms with Gasteiger partial charge in [0, 0.05) is 49.1 Å². The van der Waals surface area contributed by atoms with Crippen molar-refractivity contribution in [1.82, 2.24) is 9.97 Å². The normalized spacial score (nSPS) is 15.2. The van der Waals surface area contributed by atoms with Crippen LogP contribution in [-0.4, -0.2) is 67.1 Å². The summed E-state index contributed by atoms with van der Waals surface area (Å²) >= 11 is 3.25. The van der Waals surface area contributed by atoms with Gasteiger partial charge < -0.3 is 23.7 Å². The summed E-state index contributed by atoms with van der Waals surface area (Å²) in [6.45, 7) is 13.5. The van der Waals surface area contributed by atoms with Gasteiger partial charge in [-0.25, -0.2) is 19.6 Å². The summed E-state index contributed by atoms with van der Waals surface area (Å²) in [7, 11) is -2.14. The van der Waals surface area contributed by atoms with E-state index in [1.165, 1.54) is 5.56 Å². The third-order valence-corrected chi connectivity index (χ3v) is 6.56. The van der Waals surface area contributed by atoms with E-state index in [1.54, 1.807) is 18.3 Å². The molecule has 2 aliphatic rings. The molecular weight excluding hydrogens is 699 g/mol. The van der Waals surface area contributed by atoms with Crippen LogP contribution in [0.2, 0.25) is 5.82 Å². The molecule has 2 aliphatic heterocycles. The van der Waals surface area contributed by atoms with E-state index in [4.69, 9.17) is 18.9 Å². The zero-order valence-corrected chi connectivity index (χ0v) is 32.4. The zero-order chi connectivity index (χ0) is 32.8. The number of pyridine rings is 2. The number of amides is 2. The number of hydrogen-bond donors (Lipinski definition) is 2. The average molecular weight is 744 g/mol. The maximum Gasteiger partial charge on any atom is 1.00 e. The van der Waals surface area contributed by atoms with Crippen molar-refractivity contribution < 1.29 is 93.3 Å². The molecule has 4 rings (SSSR count). The standard InChI is InChI=1S/C15H22N2O3.C10H13BrN2O2.C5H9BF2O.FH.K/c1-15(2,3)20-14(18)17-13-5-4-12(10-16-13)11-6-8-19-9-7-11;1-10(2,3)15-9(14)13-8-5-4-7(11)6-12-8;7-6(8)5-1-3-9-4-2-5;;/h4-5,10-11H,6-9H2,1-3H3,(H,16,17,18);4-6H,1-3H3,(H,12,13,14);5H,1-4H2;1H;/q;;;;+1/p-1. The zero-order valence-electron chi connectivity index (χ0n) is 27.7. The quantitative estimate of drug-likeness (QED) is 0.458. The van der Waals surface area contributed by atoms with Crippen molar-refractivity contribution in [3.63, 3.8) is 0 Å². The molecule has 252 valence electrons. The van der Waals surface area contributed by atoms with Crippen molar-refractivity contribution in [2.75, 3.05) is 37.1 Å². The molecule has 10 nitrogen and oxygen atoms in total. The van der Waals surface area contributed by atoms with Crippen molar-refractivity contribution in [2.24, 2.45) is 0 Å². The van der Waals surface area contributed by atoms with Gasteiger partial charge in [0.25, 0.3) is 0 Å². The van der Waals surface area contributed by atoms with Crippen molar-refractivity contribution >= 4 is 47.0 Å². The molecule has 46 heavy (non-hydrogen) atoms. The molecule has 2 amide bonds. The van der Waals surface area contributed by atoms with Crippen LogP contribution in [0.15, 0.2) is 41.1 Å². The Balaban J connectivity index is 0.000000691. The van der Waals surface area contributed by atoms with Gasteiger partial charge in [0.15, 0.2) is 0 Å². The number of hydrogen-bond acceptors (Lipinski definition) is 8. The van der Waals surface area contributed by atoms with Crippen LogP contribution in [0.1, 0.15) is 78.7 Å². The van der Waals surface area contributed by atoms with E-state index in [2.05, 4.69) is 36.5 Å². The summed E-state index contributed by atoms with van der Waals surface area (Å²) in [5.41, 5.74) is 0.189. The molecular formula is C30H44BBrF3KN4O6. The number of nitrogens with one attached hydrogen (secondary N) is 2. The first kappa shape index (κ1) is 44.7. The van der Waals surface area contributed by atoms with Gasteiger partial charge in [-0.1, -0.05) is 6.07 Å². The maximum atomic E-state index is 11.9. The monoisotopic (exact) mass is 742 g/mol. The Hall–Kier alpha value is -1.27. The van der Waals surface area contributed by atoms with Gasteiger partial charge in [0.2, 0.25) is 0 Å². The molecule has 0 saturated carbocycles. The Kier molecular flexibility index (Phi) is 21.8. The van der Waals surface area contributed by atoms with Crippen LogP contribution in [0.25, 0.3) is 0 Å². The second kappa shape index (κ2) is 22.4. The van der Waals surface area contributed by atoms with Crippen LogP contribution in [0.5, 0.6) is 0 Å². The number of ether oxygens (including phenoxy) is 4. The second-order valence-electron chi connectivity index (χ2n) is 12.3. The summed E-state index contributed by atoms with van der Waals surface area (Å²) in [6.07, 6.45) is 5.55. The first-order valence-corrected chi connectivity index (χ1v) is 15.4. The van der Waals surface area contributed by atoms with Crippen LogP contribution >= 0.6 is 15.9 Å². The van der Waals surface area contributed by atoms with Crippen molar-refractivity contribution in [1.29, 1.82) is 0 Å². The van der Waals surface area contributed by atoms with Crippen LogP contribution in [0.4, 0.5) is 29.9 Å². The summed E-state index contributed by atoms with van der Waals surface area (Å²) in [5.74, 6) is 1.08. The summed E-state index contributed by atoms with van der Waals surface area (Å²) in [5, 5.41) is 5.16. The third kappa shape index (κ3) is 20.2. The van der Waals surface area contributed by atoms with E-state index >= 15 is 0 Å². The largest absolute Gasteiger partial charge is 1.00 e. The molecule has 0 radical (unpaired) electrons. The molecule has 0 aromatic carbocycles. The van der Waals surface area contributed by atoms with Gasteiger partial charge in [-0.3, -0.25) is 19.3 Å². The van der Waals surface area contributed by atoms with Gasteiger partial charge in [-0.2, -0.15) is 0 Å². The minimum Gasteiger partial charge on any atom is -1.00 e. The molecule has 16 heteroatoms. The Morgan fingerprint density at radius 2 is 1.24 bits per heavy atom. The summed E-state index contributed by atoms with van der Waals surface area (Å²) in [6, 6.07) is 7.30. The summed E-state index contributed by atoms with van der Waals surface area (Å²) in [4.78, 5) is 31.2. The Morgan fingerprint density at radius 1 is 0.804 bits per heavy atom. The molecule has 0 spiro atoms. The topological polar surface area (TPSA) is 121 Å². The van der Waals surface area contributed by atoms with Crippen LogP contribution < -0.4 is 66.7 Å². The first-order chi connectivity index (χ1) is 20.6. The van der Waals surface area contributed by atoms with Crippen LogP contribution in [0.3, 0.4) is 0 Å². The molecule has 0 unspecified atom stereocenters. The van der Waals surface area contributed by atoms with Gasteiger partial charge >= 0.3 is 70.8 Å². The van der Waals surface area contributed by atoms with E-state index in [-0.39, 0.29) is 56.1 Å². The van der Waals surface area contributed by atoms with Gasteiger partial charge in [-0.15, -0.1) is 0 Å². The number of aromatic nitrogens is 2.